The molecule has 0 bridgehead atoms. The number of carbonyl (C=O) groups excluding carboxylic acids is 1. The Balaban J connectivity index is 2.98. The molecule has 0 unspecified atom stereocenters. The Morgan fingerprint density at radius 3 is 2.77 bits per heavy atom. The highest BCUT2D eigenvalue weighted by molar-refractivity contribution is 5.98. The summed E-state index contributed by atoms with van der Waals surface area (Å²) in [7, 11) is 0. The molecule has 1 aliphatic heterocycles. The monoisotopic (exact) mass is 175 g/mol. The molecule has 0 fully saturated rings. The van der Waals surface area contributed by atoms with Crippen molar-refractivity contribution in [2.24, 2.45) is 0 Å². The first kappa shape index (κ1) is 9.52. The van der Waals surface area contributed by atoms with Crippen molar-refractivity contribution < 1.29 is 4.79 Å². The molecule has 1 rings (SSSR count). The minimum atomic E-state index is -0.0371. The van der Waals surface area contributed by atoms with Gasteiger partial charge < -0.3 is 5.32 Å². The molecule has 0 spiro atoms. The van der Waals surface area contributed by atoms with Crippen molar-refractivity contribution in [1.82, 2.24) is 5.32 Å². The summed E-state index contributed by atoms with van der Waals surface area (Å²) in [5.74, 6) is -0.0371. The zero-order chi connectivity index (χ0) is 9.68. The highest BCUT2D eigenvalue weighted by Crippen LogP contribution is 2.15. The Hall–Kier alpha value is -1.57. The van der Waals surface area contributed by atoms with E-state index in [1.807, 2.05) is 12.2 Å². The van der Waals surface area contributed by atoms with Gasteiger partial charge in [0, 0.05) is 12.1 Å². The molecule has 0 atom stereocenters. The number of rotatable bonds is 3. The maximum absolute atomic E-state index is 11.3. The molecule has 1 N–H and O–H groups in total. The summed E-state index contributed by atoms with van der Waals surface area (Å²) in [6, 6.07) is 0. The Morgan fingerprint density at radius 1 is 1.38 bits per heavy atom. The molecule has 2 heteroatoms. The van der Waals surface area contributed by atoms with E-state index in [2.05, 4.69) is 18.5 Å². The average molecular weight is 175 g/mol. The fourth-order valence-corrected chi connectivity index (χ4v) is 1.27. The van der Waals surface area contributed by atoms with Crippen LogP contribution in [0, 0.1) is 0 Å². The molecule has 1 heterocycles. The van der Waals surface area contributed by atoms with E-state index in [0.717, 1.165) is 12.0 Å². The van der Waals surface area contributed by atoms with Crippen LogP contribution in [-0.2, 0) is 4.79 Å². The summed E-state index contributed by atoms with van der Waals surface area (Å²) in [5, 5.41) is 2.76. The van der Waals surface area contributed by atoms with Gasteiger partial charge in [-0.25, -0.2) is 0 Å². The van der Waals surface area contributed by atoms with E-state index in [1.54, 1.807) is 12.2 Å². The summed E-state index contributed by atoms with van der Waals surface area (Å²) in [5.41, 5.74) is 1.70. The van der Waals surface area contributed by atoms with Crippen LogP contribution in [0.5, 0.6) is 0 Å². The van der Waals surface area contributed by atoms with Crippen molar-refractivity contribution in [3.05, 3.63) is 48.6 Å². The minimum absolute atomic E-state index is 0.0371. The molecule has 1 aliphatic rings. The topological polar surface area (TPSA) is 29.1 Å². The van der Waals surface area contributed by atoms with Crippen LogP contribution in [0.15, 0.2) is 48.6 Å². The van der Waals surface area contributed by atoms with E-state index in [4.69, 9.17) is 0 Å². The molecule has 0 aromatic heterocycles. The smallest absolute Gasteiger partial charge is 0.251 e. The largest absolute Gasteiger partial charge is 0.352 e. The molecule has 0 radical (unpaired) electrons. The Kier molecular flexibility index (Phi) is 3.26. The van der Waals surface area contributed by atoms with Crippen molar-refractivity contribution >= 4 is 5.91 Å². The quantitative estimate of drug-likeness (QED) is 0.650. The third-order valence-electron chi connectivity index (χ3n) is 1.91. The fraction of sp³-hybridized carbons (Fsp3) is 0.182. The summed E-state index contributed by atoms with van der Waals surface area (Å²) in [6.45, 7) is 7.90. The molecule has 0 saturated heterocycles. The van der Waals surface area contributed by atoms with Crippen LogP contribution in [0.2, 0.25) is 0 Å². The highest BCUT2D eigenvalue weighted by Gasteiger charge is 2.14. The second-order valence-corrected chi connectivity index (χ2v) is 2.74. The van der Waals surface area contributed by atoms with Crippen LogP contribution in [0.3, 0.4) is 0 Å². The number of allylic oxidation sites excluding steroid dienone is 3. The minimum Gasteiger partial charge on any atom is -0.352 e. The van der Waals surface area contributed by atoms with E-state index in [-0.39, 0.29) is 5.91 Å². The summed E-state index contributed by atoms with van der Waals surface area (Å²) < 4.78 is 0. The number of carbonyl (C=O) groups is 1. The van der Waals surface area contributed by atoms with Gasteiger partial charge in [0.15, 0.2) is 0 Å². The fourth-order valence-electron chi connectivity index (χ4n) is 1.27. The van der Waals surface area contributed by atoms with Gasteiger partial charge in [0.25, 0.3) is 5.91 Å². The second-order valence-electron chi connectivity index (χ2n) is 2.74. The maximum Gasteiger partial charge on any atom is 0.251 e. The van der Waals surface area contributed by atoms with Crippen LogP contribution in [0.1, 0.15) is 6.42 Å². The molecular formula is C11H13NO. The molecule has 0 saturated carbocycles. The normalized spacial score (nSPS) is 17.4. The van der Waals surface area contributed by atoms with E-state index in [1.165, 1.54) is 0 Å². The average Bonchev–Trinajstić information content (AvgIpc) is 2.15. The Bertz CT molecular complexity index is 297. The van der Waals surface area contributed by atoms with Crippen molar-refractivity contribution in [2.45, 2.75) is 6.42 Å². The van der Waals surface area contributed by atoms with Crippen LogP contribution >= 0.6 is 0 Å². The van der Waals surface area contributed by atoms with Gasteiger partial charge in [-0.05, 0) is 12.0 Å². The predicted molar refractivity (Wildman–Crippen MR) is 54.2 cm³/mol. The van der Waals surface area contributed by atoms with E-state index in [9.17, 15) is 4.79 Å². The van der Waals surface area contributed by atoms with Gasteiger partial charge in [0.2, 0.25) is 0 Å². The summed E-state index contributed by atoms with van der Waals surface area (Å²) >= 11 is 0. The van der Waals surface area contributed by atoms with E-state index in [0.29, 0.717) is 12.1 Å². The van der Waals surface area contributed by atoms with Crippen molar-refractivity contribution in [1.29, 1.82) is 0 Å². The first-order valence-corrected chi connectivity index (χ1v) is 4.22. The van der Waals surface area contributed by atoms with Gasteiger partial charge in [0.05, 0.1) is 0 Å². The predicted octanol–water partition coefficient (Wildman–Crippen LogP) is 1.73. The maximum atomic E-state index is 11.3. The zero-order valence-corrected chi connectivity index (χ0v) is 7.55. The lowest BCUT2D eigenvalue weighted by molar-refractivity contribution is -0.117. The SMILES string of the molecule is C=C/C=C\C1=C(C=C)C(=O)NCC1. The molecule has 1 amide bonds. The number of hydrogen-bond acceptors (Lipinski definition) is 1. The van der Waals surface area contributed by atoms with Gasteiger partial charge in [-0.1, -0.05) is 37.5 Å². The standard InChI is InChI=1S/C11H13NO/c1-3-5-6-9-7-8-12-11(13)10(9)4-2/h3-6H,1-2,7-8H2,(H,12,13)/b6-5-. The van der Waals surface area contributed by atoms with Crippen molar-refractivity contribution in [2.75, 3.05) is 6.54 Å². The van der Waals surface area contributed by atoms with E-state index < -0.39 is 0 Å². The number of amides is 1. The molecule has 68 valence electrons. The lowest BCUT2D eigenvalue weighted by Gasteiger charge is -2.15. The van der Waals surface area contributed by atoms with Crippen LogP contribution in [-0.4, -0.2) is 12.5 Å². The lowest BCUT2D eigenvalue weighted by Crippen LogP contribution is -2.30. The van der Waals surface area contributed by atoms with Gasteiger partial charge in [-0.3, -0.25) is 4.79 Å². The van der Waals surface area contributed by atoms with Crippen LogP contribution < -0.4 is 5.32 Å². The number of hydrogen-bond donors (Lipinski definition) is 1. The Morgan fingerprint density at radius 2 is 2.15 bits per heavy atom. The van der Waals surface area contributed by atoms with Gasteiger partial charge in [-0.2, -0.15) is 0 Å². The van der Waals surface area contributed by atoms with Gasteiger partial charge >= 0.3 is 0 Å². The van der Waals surface area contributed by atoms with Gasteiger partial charge in [-0.15, -0.1) is 0 Å². The zero-order valence-electron chi connectivity index (χ0n) is 7.55. The molecule has 13 heavy (non-hydrogen) atoms. The van der Waals surface area contributed by atoms with E-state index >= 15 is 0 Å². The molecular weight excluding hydrogens is 162 g/mol. The summed E-state index contributed by atoms with van der Waals surface area (Å²) in [4.78, 5) is 11.3. The first-order chi connectivity index (χ1) is 6.29. The molecule has 0 aromatic rings. The first-order valence-electron chi connectivity index (χ1n) is 4.22. The highest BCUT2D eigenvalue weighted by atomic mass is 16.1. The number of nitrogens with one attached hydrogen (secondary N) is 1. The van der Waals surface area contributed by atoms with Crippen LogP contribution in [0.4, 0.5) is 0 Å². The third-order valence-corrected chi connectivity index (χ3v) is 1.91. The van der Waals surface area contributed by atoms with Gasteiger partial charge in [0.1, 0.15) is 0 Å². The summed E-state index contributed by atoms with van der Waals surface area (Å²) in [6.07, 6.45) is 7.88. The van der Waals surface area contributed by atoms with Crippen LogP contribution in [0.25, 0.3) is 0 Å². The molecule has 2 nitrogen and oxygen atoms in total. The Labute approximate surface area is 78.3 Å². The molecule has 0 aliphatic carbocycles. The second kappa shape index (κ2) is 4.45. The van der Waals surface area contributed by atoms with Crippen molar-refractivity contribution in [3.63, 3.8) is 0 Å². The molecule has 0 aromatic carbocycles. The third kappa shape index (κ3) is 2.18. The lowest BCUT2D eigenvalue weighted by atomic mass is 10.0. The van der Waals surface area contributed by atoms with Crippen molar-refractivity contribution in [3.8, 4) is 0 Å².